The van der Waals surface area contributed by atoms with Crippen LogP contribution in [0.3, 0.4) is 0 Å². The molecule has 0 N–H and O–H groups in total. The third-order valence-electron chi connectivity index (χ3n) is 5.38. The lowest BCUT2D eigenvalue weighted by atomic mass is 10.1. The number of hydrogen-bond acceptors (Lipinski definition) is 4. The Morgan fingerprint density at radius 2 is 1.88 bits per heavy atom. The number of nitrogens with zero attached hydrogens (tertiary/aromatic N) is 3. The summed E-state index contributed by atoms with van der Waals surface area (Å²) in [5.41, 5.74) is 2.54. The van der Waals surface area contributed by atoms with Crippen LogP contribution in [-0.4, -0.2) is 55.0 Å². The molecule has 0 spiro atoms. The van der Waals surface area contributed by atoms with Gasteiger partial charge in [-0.3, -0.25) is 9.69 Å². The van der Waals surface area contributed by atoms with Gasteiger partial charge in [-0.05, 0) is 35.6 Å². The summed E-state index contributed by atoms with van der Waals surface area (Å²) < 4.78 is 0. The molecule has 2 aliphatic rings. The smallest absolute Gasteiger partial charge is 0.224 e. The van der Waals surface area contributed by atoms with Crippen molar-refractivity contribution in [2.45, 2.75) is 19.4 Å². The predicted molar refractivity (Wildman–Crippen MR) is 108 cm³/mol. The van der Waals surface area contributed by atoms with Gasteiger partial charge in [0.2, 0.25) is 5.91 Å². The number of amides is 1. The van der Waals surface area contributed by atoms with Crippen LogP contribution >= 0.6 is 22.9 Å². The number of rotatable bonds is 4. The highest BCUT2D eigenvalue weighted by Crippen LogP contribution is 2.26. The van der Waals surface area contributed by atoms with Crippen molar-refractivity contribution in [2.24, 2.45) is 0 Å². The minimum Gasteiger partial charge on any atom is -0.368 e. The van der Waals surface area contributed by atoms with Crippen molar-refractivity contribution in [3.63, 3.8) is 0 Å². The average Bonchev–Trinajstić information content (AvgIpc) is 3.15. The first-order valence-corrected chi connectivity index (χ1v) is 10.5. The zero-order valence-electron chi connectivity index (χ0n) is 14.9. The van der Waals surface area contributed by atoms with Crippen LogP contribution in [0.15, 0.2) is 35.7 Å². The van der Waals surface area contributed by atoms with Gasteiger partial charge in [0.1, 0.15) is 0 Å². The lowest BCUT2D eigenvalue weighted by Crippen LogP contribution is -2.47. The first-order chi connectivity index (χ1) is 12.7. The average molecular weight is 390 g/mol. The number of benzene rings is 1. The van der Waals surface area contributed by atoms with Crippen molar-refractivity contribution in [3.05, 3.63) is 51.2 Å². The van der Waals surface area contributed by atoms with E-state index in [2.05, 4.69) is 27.3 Å². The zero-order chi connectivity index (χ0) is 17.9. The number of thiophene rings is 1. The van der Waals surface area contributed by atoms with E-state index < -0.39 is 0 Å². The van der Waals surface area contributed by atoms with Gasteiger partial charge >= 0.3 is 0 Å². The number of para-hydroxylation sites is 1. The van der Waals surface area contributed by atoms with Gasteiger partial charge in [-0.2, -0.15) is 0 Å². The second-order valence-electron chi connectivity index (χ2n) is 6.96. The predicted octanol–water partition coefficient (Wildman–Crippen LogP) is 3.50. The van der Waals surface area contributed by atoms with Gasteiger partial charge in [0.05, 0.1) is 17.3 Å². The molecule has 3 heterocycles. The van der Waals surface area contributed by atoms with Crippen LogP contribution in [0.25, 0.3) is 0 Å². The number of hydrogen-bond donors (Lipinski definition) is 0. The highest BCUT2D eigenvalue weighted by atomic mass is 35.5. The van der Waals surface area contributed by atoms with Crippen molar-refractivity contribution >= 4 is 34.5 Å². The minimum atomic E-state index is 0.289. The van der Waals surface area contributed by atoms with Gasteiger partial charge in [0.15, 0.2) is 0 Å². The molecule has 0 saturated carbocycles. The SMILES string of the molecule is O=C(CCN1CCN(c2ccccc2Cl)CC1)N1CCc2ccsc2C1. The van der Waals surface area contributed by atoms with E-state index in [9.17, 15) is 4.79 Å². The summed E-state index contributed by atoms with van der Waals surface area (Å²) in [6.07, 6.45) is 1.62. The van der Waals surface area contributed by atoms with Gasteiger partial charge in [-0.25, -0.2) is 0 Å². The Morgan fingerprint density at radius 3 is 2.69 bits per heavy atom. The van der Waals surface area contributed by atoms with Crippen LogP contribution in [0.4, 0.5) is 5.69 Å². The van der Waals surface area contributed by atoms with E-state index in [-0.39, 0.29) is 5.91 Å². The van der Waals surface area contributed by atoms with Crippen LogP contribution in [0.5, 0.6) is 0 Å². The lowest BCUT2D eigenvalue weighted by Gasteiger charge is -2.36. The molecule has 4 rings (SSSR count). The quantitative estimate of drug-likeness (QED) is 0.800. The molecular formula is C20H24ClN3OS. The van der Waals surface area contributed by atoms with E-state index in [0.717, 1.165) is 62.9 Å². The van der Waals surface area contributed by atoms with Crippen molar-refractivity contribution < 1.29 is 4.79 Å². The summed E-state index contributed by atoms with van der Waals surface area (Å²) in [6, 6.07) is 10.2. The number of fused-ring (bicyclic) bond motifs is 1. The Kier molecular flexibility index (Phi) is 5.48. The Hall–Kier alpha value is -1.56. The second-order valence-corrected chi connectivity index (χ2v) is 8.37. The fourth-order valence-electron chi connectivity index (χ4n) is 3.78. The molecule has 1 aromatic carbocycles. The van der Waals surface area contributed by atoms with Crippen LogP contribution in [-0.2, 0) is 17.8 Å². The Bertz CT molecular complexity index is 770. The maximum Gasteiger partial charge on any atom is 0.224 e. The summed E-state index contributed by atoms with van der Waals surface area (Å²) in [7, 11) is 0. The molecule has 26 heavy (non-hydrogen) atoms. The summed E-state index contributed by atoms with van der Waals surface area (Å²) in [6.45, 7) is 6.39. The highest BCUT2D eigenvalue weighted by molar-refractivity contribution is 7.10. The van der Waals surface area contributed by atoms with Crippen molar-refractivity contribution in [1.29, 1.82) is 0 Å². The third kappa shape index (κ3) is 3.90. The van der Waals surface area contributed by atoms with Gasteiger partial charge in [-0.15, -0.1) is 11.3 Å². The molecule has 0 aliphatic carbocycles. The fraction of sp³-hybridized carbons (Fsp3) is 0.450. The molecular weight excluding hydrogens is 366 g/mol. The molecule has 0 unspecified atom stereocenters. The van der Waals surface area contributed by atoms with Crippen molar-refractivity contribution in [1.82, 2.24) is 9.80 Å². The van der Waals surface area contributed by atoms with E-state index in [1.54, 1.807) is 11.3 Å². The molecule has 138 valence electrons. The molecule has 0 bridgehead atoms. The van der Waals surface area contributed by atoms with E-state index >= 15 is 0 Å². The highest BCUT2D eigenvalue weighted by Gasteiger charge is 2.23. The molecule has 2 aromatic rings. The Labute approximate surface area is 164 Å². The van der Waals surface area contributed by atoms with Gasteiger partial charge in [0, 0.05) is 50.6 Å². The van der Waals surface area contributed by atoms with E-state index in [1.165, 1.54) is 10.4 Å². The zero-order valence-corrected chi connectivity index (χ0v) is 16.4. The molecule has 1 amide bonds. The number of carbonyl (C=O) groups excluding carboxylic acids is 1. The Morgan fingerprint density at radius 1 is 1.08 bits per heavy atom. The second kappa shape index (κ2) is 7.99. The minimum absolute atomic E-state index is 0.289. The van der Waals surface area contributed by atoms with E-state index in [4.69, 9.17) is 11.6 Å². The molecule has 1 fully saturated rings. The number of piperazine rings is 1. The number of halogens is 1. The van der Waals surface area contributed by atoms with Crippen LogP contribution in [0.2, 0.25) is 5.02 Å². The fourth-order valence-corrected chi connectivity index (χ4v) is 4.99. The molecule has 2 aliphatic heterocycles. The summed E-state index contributed by atoms with van der Waals surface area (Å²) >= 11 is 8.08. The number of carbonyl (C=O) groups is 1. The standard InChI is InChI=1S/C20H24ClN3OS/c21-17-3-1-2-4-18(17)23-12-10-22(11-13-23)8-6-20(25)24-9-5-16-7-14-26-19(16)15-24/h1-4,7,14H,5-6,8-13,15H2. The van der Waals surface area contributed by atoms with Gasteiger partial charge < -0.3 is 9.80 Å². The van der Waals surface area contributed by atoms with Gasteiger partial charge in [-0.1, -0.05) is 23.7 Å². The normalized spacial score (nSPS) is 18.0. The molecule has 1 aromatic heterocycles. The molecule has 4 nitrogen and oxygen atoms in total. The largest absolute Gasteiger partial charge is 0.368 e. The summed E-state index contributed by atoms with van der Waals surface area (Å²) in [5, 5.41) is 2.95. The van der Waals surface area contributed by atoms with E-state index in [1.807, 2.05) is 23.1 Å². The number of anilines is 1. The van der Waals surface area contributed by atoms with E-state index in [0.29, 0.717) is 6.42 Å². The van der Waals surface area contributed by atoms with Crippen LogP contribution in [0.1, 0.15) is 16.9 Å². The molecule has 1 saturated heterocycles. The van der Waals surface area contributed by atoms with Gasteiger partial charge in [0.25, 0.3) is 0 Å². The van der Waals surface area contributed by atoms with Crippen LogP contribution in [0, 0.1) is 0 Å². The maximum absolute atomic E-state index is 12.6. The first-order valence-electron chi connectivity index (χ1n) is 9.25. The van der Waals surface area contributed by atoms with Crippen LogP contribution < -0.4 is 4.90 Å². The Balaban J connectivity index is 1.24. The molecule has 0 radical (unpaired) electrons. The lowest BCUT2D eigenvalue weighted by molar-refractivity contribution is -0.132. The van der Waals surface area contributed by atoms with Crippen molar-refractivity contribution in [2.75, 3.05) is 44.2 Å². The first kappa shape index (κ1) is 17.8. The van der Waals surface area contributed by atoms with Crippen molar-refractivity contribution in [3.8, 4) is 0 Å². The molecule has 6 heteroatoms. The third-order valence-corrected chi connectivity index (χ3v) is 6.65. The topological polar surface area (TPSA) is 26.8 Å². The molecule has 0 atom stereocenters. The monoisotopic (exact) mass is 389 g/mol. The summed E-state index contributed by atoms with van der Waals surface area (Å²) in [5.74, 6) is 0.289. The maximum atomic E-state index is 12.6. The summed E-state index contributed by atoms with van der Waals surface area (Å²) in [4.78, 5) is 20.7.